The van der Waals surface area contributed by atoms with Gasteiger partial charge in [-0.1, -0.05) is 35.9 Å². The Bertz CT molecular complexity index is 781. The Morgan fingerprint density at radius 3 is 2.63 bits per heavy atom. The zero-order chi connectivity index (χ0) is 19.6. The first-order valence-electron chi connectivity index (χ1n) is 8.43. The van der Waals surface area contributed by atoms with Gasteiger partial charge < -0.3 is 26.4 Å². The molecule has 0 bridgehead atoms. The second kappa shape index (κ2) is 10.5. The van der Waals surface area contributed by atoms with Crippen LogP contribution < -0.4 is 21.7 Å². The van der Waals surface area contributed by atoms with Crippen molar-refractivity contribution in [3.8, 4) is 0 Å². The highest BCUT2D eigenvalue weighted by molar-refractivity contribution is 6.33. The van der Waals surface area contributed by atoms with Gasteiger partial charge in [0.25, 0.3) is 0 Å². The van der Waals surface area contributed by atoms with Crippen molar-refractivity contribution in [2.75, 3.05) is 24.3 Å². The fraction of sp³-hybridized carbons (Fsp3) is 0.263. The number of hydrogen-bond donors (Lipinski definition) is 4. The number of hydrogen-bond acceptors (Lipinski definition) is 4. The number of halogens is 1. The average Bonchev–Trinajstić information content (AvgIpc) is 2.66. The molecule has 27 heavy (non-hydrogen) atoms. The summed E-state index contributed by atoms with van der Waals surface area (Å²) >= 11 is 6.01. The van der Waals surface area contributed by atoms with Gasteiger partial charge in [0.2, 0.25) is 5.91 Å². The molecule has 1 unspecified atom stereocenters. The third-order valence-corrected chi connectivity index (χ3v) is 4.12. The molecule has 2 aromatic rings. The zero-order valence-corrected chi connectivity index (χ0v) is 15.8. The summed E-state index contributed by atoms with van der Waals surface area (Å²) in [6.45, 7) is 0.567. The van der Waals surface area contributed by atoms with Crippen molar-refractivity contribution in [3.05, 3.63) is 59.1 Å². The number of rotatable bonds is 8. The van der Waals surface area contributed by atoms with Crippen LogP contribution in [0.5, 0.6) is 0 Å². The highest BCUT2D eigenvalue weighted by Gasteiger charge is 2.12. The van der Waals surface area contributed by atoms with E-state index in [1.807, 2.05) is 6.07 Å². The average molecular weight is 391 g/mol. The van der Waals surface area contributed by atoms with Crippen molar-refractivity contribution in [2.24, 2.45) is 5.73 Å². The van der Waals surface area contributed by atoms with E-state index in [1.165, 1.54) is 7.11 Å². The van der Waals surface area contributed by atoms with Crippen LogP contribution in [-0.4, -0.2) is 31.7 Å². The first-order valence-corrected chi connectivity index (χ1v) is 8.80. The van der Waals surface area contributed by atoms with Crippen molar-refractivity contribution >= 4 is 34.9 Å². The minimum absolute atomic E-state index is 0.176. The van der Waals surface area contributed by atoms with Crippen LogP contribution in [0.4, 0.5) is 16.2 Å². The molecule has 3 amide bonds. The summed E-state index contributed by atoms with van der Waals surface area (Å²) in [5.74, 6) is -0.186. The molecule has 1 atom stereocenters. The maximum absolute atomic E-state index is 12.0. The van der Waals surface area contributed by atoms with Crippen molar-refractivity contribution in [1.29, 1.82) is 0 Å². The Labute approximate surface area is 163 Å². The number of urea groups is 1. The minimum atomic E-state index is -0.372. The number of benzene rings is 2. The number of amides is 3. The van der Waals surface area contributed by atoms with Gasteiger partial charge in [0, 0.05) is 25.9 Å². The molecule has 2 aromatic carbocycles. The highest BCUT2D eigenvalue weighted by atomic mass is 35.5. The van der Waals surface area contributed by atoms with E-state index < -0.39 is 0 Å². The Hall–Kier alpha value is -2.61. The van der Waals surface area contributed by atoms with Crippen molar-refractivity contribution in [1.82, 2.24) is 5.32 Å². The summed E-state index contributed by atoms with van der Waals surface area (Å²) in [5, 5.41) is 8.69. The van der Waals surface area contributed by atoms with Crippen LogP contribution in [0.2, 0.25) is 5.02 Å². The third kappa shape index (κ3) is 6.90. The monoisotopic (exact) mass is 390 g/mol. The zero-order valence-electron chi connectivity index (χ0n) is 15.0. The largest absolute Gasteiger partial charge is 0.380 e. The number of carbonyl (C=O) groups is 2. The molecule has 0 spiro atoms. The smallest absolute Gasteiger partial charge is 0.319 e. The predicted molar refractivity (Wildman–Crippen MR) is 107 cm³/mol. The topological polar surface area (TPSA) is 105 Å². The molecule has 144 valence electrons. The first kappa shape index (κ1) is 20.7. The molecule has 0 saturated carbocycles. The van der Waals surface area contributed by atoms with Crippen LogP contribution in [0, 0.1) is 0 Å². The Kier molecular flexibility index (Phi) is 8.06. The predicted octanol–water partition coefficient (Wildman–Crippen LogP) is 2.96. The van der Waals surface area contributed by atoms with Gasteiger partial charge in [-0.2, -0.15) is 0 Å². The van der Waals surface area contributed by atoms with E-state index in [9.17, 15) is 9.59 Å². The number of carbonyl (C=O) groups excluding carboxylic acids is 2. The fourth-order valence-electron chi connectivity index (χ4n) is 2.35. The fourth-order valence-corrected chi connectivity index (χ4v) is 2.54. The molecule has 8 heteroatoms. The third-order valence-electron chi connectivity index (χ3n) is 3.80. The number of nitrogens with one attached hydrogen (secondary N) is 3. The Morgan fingerprint density at radius 2 is 1.93 bits per heavy atom. The minimum Gasteiger partial charge on any atom is -0.380 e. The Morgan fingerprint density at radius 1 is 1.15 bits per heavy atom. The van der Waals surface area contributed by atoms with Gasteiger partial charge in [-0.05, 0) is 29.8 Å². The lowest BCUT2D eigenvalue weighted by Gasteiger charge is -2.13. The van der Waals surface area contributed by atoms with E-state index in [2.05, 4.69) is 16.0 Å². The maximum Gasteiger partial charge on any atom is 0.319 e. The maximum atomic E-state index is 12.0. The summed E-state index contributed by atoms with van der Waals surface area (Å²) in [7, 11) is 1.52. The van der Waals surface area contributed by atoms with Crippen LogP contribution in [0.25, 0.3) is 0 Å². The molecule has 0 saturated heterocycles. The lowest BCUT2D eigenvalue weighted by molar-refractivity contribution is -0.118. The molecule has 0 aliphatic rings. The van der Waals surface area contributed by atoms with E-state index in [1.54, 1.807) is 42.5 Å². The SMILES string of the molecule is COC(CN)CC(=O)Nc1cccc(CNC(=O)Nc2ccccc2Cl)c1. The number of methoxy groups -OCH3 is 1. The summed E-state index contributed by atoms with van der Waals surface area (Å²) in [6.07, 6.45) is -0.140. The van der Waals surface area contributed by atoms with E-state index in [-0.39, 0.29) is 31.0 Å². The lowest BCUT2D eigenvalue weighted by Crippen LogP contribution is -2.28. The van der Waals surface area contributed by atoms with E-state index >= 15 is 0 Å². The summed E-state index contributed by atoms with van der Waals surface area (Å²) < 4.78 is 5.10. The molecule has 7 nitrogen and oxygen atoms in total. The van der Waals surface area contributed by atoms with Gasteiger partial charge in [0.1, 0.15) is 0 Å². The van der Waals surface area contributed by atoms with Crippen molar-refractivity contribution < 1.29 is 14.3 Å². The molecule has 5 N–H and O–H groups in total. The van der Waals surface area contributed by atoms with E-state index in [0.29, 0.717) is 22.9 Å². The molecular formula is C19H23ClN4O3. The summed E-state index contributed by atoms with van der Waals surface area (Å²) in [5.41, 5.74) is 7.53. The number of nitrogens with two attached hydrogens (primary N) is 1. The molecule has 0 aromatic heterocycles. The molecule has 0 fully saturated rings. The number of para-hydroxylation sites is 1. The normalized spacial score (nSPS) is 11.5. The highest BCUT2D eigenvalue weighted by Crippen LogP contribution is 2.20. The van der Waals surface area contributed by atoms with Crippen LogP contribution in [0.3, 0.4) is 0 Å². The van der Waals surface area contributed by atoms with Crippen LogP contribution in [-0.2, 0) is 16.1 Å². The molecule has 0 radical (unpaired) electrons. The molecule has 0 aliphatic carbocycles. The van der Waals surface area contributed by atoms with Gasteiger partial charge in [-0.25, -0.2) is 4.79 Å². The van der Waals surface area contributed by atoms with Gasteiger partial charge in [0.15, 0.2) is 0 Å². The van der Waals surface area contributed by atoms with E-state index in [4.69, 9.17) is 22.1 Å². The second-order valence-electron chi connectivity index (χ2n) is 5.83. The molecule has 0 aliphatic heterocycles. The van der Waals surface area contributed by atoms with Crippen molar-refractivity contribution in [3.63, 3.8) is 0 Å². The Balaban J connectivity index is 1.87. The first-order chi connectivity index (χ1) is 13.0. The van der Waals surface area contributed by atoms with Crippen LogP contribution in [0.15, 0.2) is 48.5 Å². The van der Waals surface area contributed by atoms with Gasteiger partial charge in [-0.15, -0.1) is 0 Å². The quantitative estimate of drug-likeness (QED) is 0.556. The lowest BCUT2D eigenvalue weighted by atomic mass is 10.2. The van der Waals surface area contributed by atoms with Crippen LogP contribution >= 0.6 is 11.6 Å². The summed E-state index contributed by atoms with van der Waals surface area (Å²) in [4.78, 5) is 24.0. The molecule has 2 rings (SSSR count). The van der Waals surface area contributed by atoms with Gasteiger partial charge in [0.05, 0.1) is 23.2 Å². The second-order valence-corrected chi connectivity index (χ2v) is 6.24. The van der Waals surface area contributed by atoms with Crippen LogP contribution in [0.1, 0.15) is 12.0 Å². The van der Waals surface area contributed by atoms with E-state index in [0.717, 1.165) is 5.56 Å². The molecular weight excluding hydrogens is 368 g/mol. The molecule has 0 heterocycles. The van der Waals surface area contributed by atoms with Gasteiger partial charge >= 0.3 is 6.03 Å². The van der Waals surface area contributed by atoms with Crippen molar-refractivity contribution in [2.45, 2.75) is 19.1 Å². The standard InChI is InChI=1S/C19H23ClN4O3/c1-27-15(11-21)10-18(25)23-14-6-4-5-13(9-14)12-22-19(26)24-17-8-3-2-7-16(17)20/h2-9,15H,10-12,21H2,1H3,(H,23,25)(H2,22,24,26). The summed E-state index contributed by atoms with van der Waals surface area (Å²) in [6, 6.07) is 13.8. The number of ether oxygens (including phenoxy) is 1. The number of anilines is 2. The van der Waals surface area contributed by atoms with Gasteiger partial charge in [-0.3, -0.25) is 4.79 Å².